The monoisotopic (exact) mass is 138 g/mol. The molecule has 0 bridgehead atoms. The van der Waals surface area contributed by atoms with Gasteiger partial charge in [0.15, 0.2) is 0 Å². The highest BCUT2D eigenvalue weighted by Crippen LogP contribution is 2.13. The lowest BCUT2D eigenvalue weighted by Gasteiger charge is -2.00. The maximum atomic E-state index is 5.08. The smallest absolute Gasteiger partial charge is 0.0939 e. The molecule has 1 aliphatic rings. The topological polar surface area (TPSA) is 9.23 Å². The highest BCUT2D eigenvalue weighted by atomic mass is 16.5. The van der Waals surface area contributed by atoms with Crippen molar-refractivity contribution in [3.05, 3.63) is 24.0 Å². The predicted octanol–water partition coefficient (Wildman–Crippen LogP) is 2.50. The van der Waals surface area contributed by atoms with E-state index in [1.54, 1.807) is 6.26 Å². The van der Waals surface area contributed by atoms with Gasteiger partial charge < -0.3 is 4.74 Å². The molecule has 1 heterocycles. The Morgan fingerprint density at radius 1 is 1.70 bits per heavy atom. The summed E-state index contributed by atoms with van der Waals surface area (Å²) >= 11 is 0. The molecule has 1 rings (SSSR count). The van der Waals surface area contributed by atoms with E-state index in [9.17, 15) is 0 Å². The van der Waals surface area contributed by atoms with Gasteiger partial charge in [-0.3, -0.25) is 0 Å². The Balaban J connectivity index is 2.26. The molecule has 0 aromatic rings. The molecule has 0 N–H and O–H groups in total. The number of allylic oxidation sites excluding steroid dienone is 2. The minimum absolute atomic E-state index is 0.620. The third kappa shape index (κ3) is 2.26. The largest absolute Gasteiger partial charge is 0.501 e. The van der Waals surface area contributed by atoms with Crippen molar-refractivity contribution in [2.24, 2.45) is 5.92 Å². The highest BCUT2D eigenvalue weighted by Gasteiger charge is 2.07. The van der Waals surface area contributed by atoms with Gasteiger partial charge in [-0.2, -0.15) is 0 Å². The zero-order valence-corrected chi connectivity index (χ0v) is 6.63. The lowest BCUT2D eigenvalue weighted by molar-refractivity contribution is 0.250. The molecular formula is C9H14O. The molecule has 10 heavy (non-hydrogen) atoms. The maximum absolute atomic E-state index is 5.08. The normalized spacial score (nSPS) is 22.4. The van der Waals surface area contributed by atoms with Crippen molar-refractivity contribution >= 4 is 0 Å². The van der Waals surface area contributed by atoms with Crippen molar-refractivity contribution in [3.63, 3.8) is 0 Å². The molecule has 0 saturated heterocycles. The third-order valence-electron chi connectivity index (χ3n) is 1.59. The first-order chi connectivity index (χ1) is 4.79. The molecule has 1 unspecified atom stereocenters. The van der Waals surface area contributed by atoms with Crippen LogP contribution in [-0.4, -0.2) is 6.61 Å². The Morgan fingerprint density at radius 2 is 2.50 bits per heavy atom. The average Bonchev–Trinajstić information content (AvgIpc) is 2.34. The fourth-order valence-corrected chi connectivity index (χ4v) is 0.935. The summed E-state index contributed by atoms with van der Waals surface area (Å²) in [5.41, 5.74) is 1.39. The maximum Gasteiger partial charge on any atom is 0.0939 e. The van der Waals surface area contributed by atoms with Gasteiger partial charge in [-0.05, 0) is 26.3 Å². The van der Waals surface area contributed by atoms with Gasteiger partial charge in [0, 0.05) is 5.92 Å². The van der Waals surface area contributed by atoms with E-state index < -0.39 is 0 Å². The fraction of sp³-hybridized carbons (Fsp3) is 0.556. The van der Waals surface area contributed by atoms with E-state index in [1.807, 2.05) is 0 Å². The number of hydrogen-bond acceptors (Lipinski definition) is 1. The van der Waals surface area contributed by atoms with Crippen LogP contribution < -0.4 is 0 Å². The van der Waals surface area contributed by atoms with E-state index in [0.717, 1.165) is 13.0 Å². The Bertz CT molecular complexity index is 152. The van der Waals surface area contributed by atoms with Crippen LogP contribution in [-0.2, 0) is 4.74 Å². The molecule has 0 radical (unpaired) electrons. The predicted molar refractivity (Wildman–Crippen MR) is 42.6 cm³/mol. The van der Waals surface area contributed by atoms with Crippen molar-refractivity contribution in [2.75, 3.05) is 6.61 Å². The quantitative estimate of drug-likeness (QED) is 0.533. The van der Waals surface area contributed by atoms with Crippen LogP contribution >= 0.6 is 0 Å². The fourth-order valence-electron chi connectivity index (χ4n) is 0.935. The second-order valence-corrected chi connectivity index (χ2v) is 2.94. The molecule has 0 aromatic heterocycles. The van der Waals surface area contributed by atoms with E-state index in [4.69, 9.17) is 4.74 Å². The van der Waals surface area contributed by atoms with Gasteiger partial charge in [-0.1, -0.05) is 11.6 Å². The zero-order chi connectivity index (χ0) is 7.40. The Kier molecular flexibility index (Phi) is 2.55. The summed E-state index contributed by atoms with van der Waals surface area (Å²) in [4.78, 5) is 0. The van der Waals surface area contributed by atoms with Crippen molar-refractivity contribution in [3.8, 4) is 0 Å². The van der Waals surface area contributed by atoms with Gasteiger partial charge in [-0.25, -0.2) is 0 Å². The Hall–Kier alpha value is -0.720. The molecule has 56 valence electrons. The summed E-state index contributed by atoms with van der Waals surface area (Å²) in [6, 6.07) is 0. The molecule has 1 heteroatoms. The van der Waals surface area contributed by atoms with Crippen LogP contribution in [0.25, 0.3) is 0 Å². The molecule has 1 nitrogen and oxygen atoms in total. The lowest BCUT2D eigenvalue weighted by Crippen LogP contribution is -1.96. The standard InChI is InChI=1S/C9H14O/c1-8(2)3-4-9-5-6-10-7-9/h3,5-6,9H,4,7H2,1-2H3. The third-order valence-corrected chi connectivity index (χ3v) is 1.59. The molecule has 0 fully saturated rings. The molecule has 0 aliphatic carbocycles. The van der Waals surface area contributed by atoms with Crippen molar-refractivity contribution in [2.45, 2.75) is 20.3 Å². The van der Waals surface area contributed by atoms with Gasteiger partial charge in [0.25, 0.3) is 0 Å². The van der Waals surface area contributed by atoms with Gasteiger partial charge in [-0.15, -0.1) is 0 Å². The summed E-state index contributed by atoms with van der Waals surface area (Å²) in [6.45, 7) is 5.11. The Morgan fingerprint density at radius 3 is 3.00 bits per heavy atom. The van der Waals surface area contributed by atoms with Gasteiger partial charge >= 0.3 is 0 Å². The van der Waals surface area contributed by atoms with E-state index in [0.29, 0.717) is 5.92 Å². The minimum atomic E-state index is 0.620. The number of hydrogen-bond donors (Lipinski definition) is 0. The first kappa shape index (κ1) is 7.39. The van der Waals surface area contributed by atoms with Crippen LogP contribution in [0.3, 0.4) is 0 Å². The van der Waals surface area contributed by atoms with Gasteiger partial charge in [0.05, 0.1) is 12.9 Å². The van der Waals surface area contributed by atoms with E-state index in [-0.39, 0.29) is 0 Å². The first-order valence-corrected chi connectivity index (χ1v) is 3.70. The van der Waals surface area contributed by atoms with Crippen LogP contribution in [0.15, 0.2) is 24.0 Å². The van der Waals surface area contributed by atoms with Crippen LogP contribution in [0.2, 0.25) is 0 Å². The molecule has 0 saturated carbocycles. The van der Waals surface area contributed by atoms with Crippen LogP contribution in [0, 0.1) is 5.92 Å². The lowest BCUT2D eigenvalue weighted by atomic mass is 10.1. The number of ether oxygens (including phenoxy) is 1. The van der Waals surface area contributed by atoms with Gasteiger partial charge in [0.2, 0.25) is 0 Å². The molecule has 0 aromatic carbocycles. The summed E-state index contributed by atoms with van der Waals surface area (Å²) in [7, 11) is 0. The molecule has 0 spiro atoms. The van der Waals surface area contributed by atoms with Crippen molar-refractivity contribution in [1.82, 2.24) is 0 Å². The molecule has 0 amide bonds. The van der Waals surface area contributed by atoms with E-state index in [2.05, 4.69) is 26.0 Å². The van der Waals surface area contributed by atoms with E-state index in [1.165, 1.54) is 5.57 Å². The number of rotatable bonds is 2. The van der Waals surface area contributed by atoms with Crippen LogP contribution in [0.4, 0.5) is 0 Å². The molecule has 1 aliphatic heterocycles. The SMILES string of the molecule is CC(C)=CCC1C=COC1. The van der Waals surface area contributed by atoms with E-state index >= 15 is 0 Å². The van der Waals surface area contributed by atoms with Crippen molar-refractivity contribution < 1.29 is 4.74 Å². The van der Waals surface area contributed by atoms with Crippen LogP contribution in [0.1, 0.15) is 20.3 Å². The summed E-state index contributed by atoms with van der Waals surface area (Å²) in [6.07, 6.45) is 7.30. The zero-order valence-electron chi connectivity index (χ0n) is 6.63. The Labute approximate surface area is 62.4 Å². The van der Waals surface area contributed by atoms with Crippen molar-refractivity contribution in [1.29, 1.82) is 0 Å². The van der Waals surface area contributed by atoms with Gasteiger partial charge in [0.1, 0.15) is 0 Å². The molecular weight excluding hydrogens is 124 g/mol. The second-order valence-electron chi connectivity index (χ2n) is 2.94. The van der Waals surface area contributed by atoms with Crippen LogP contribution in [0.5, 0.6) is 0 Å². The second kappa shape index (κ2) is 3.45. The molecule has 1 atom stereocenters. The first-order valence-electron chi connectivity index (χ1n) is 3.70. The highest BCUT2D eigenvalue weighted by molar-refractivity contribution is 4.99. The minimum Gasteiger partial charge on any atom is -0.501 e. The summed E-state index contributed by atoms with van der Waals surface area (Å²) in [5.74, 6) is 0.620. The summed E-state index contributed by atoms with van der Waals surface area (Å²) in [5, 5.41) is 0. The summed E-state index contributed by atoms with van der Waals surface area (Å²) < 4.78 is 5.08. The average molecular weight is 138 g/mol.